The van der Waals surface area contributed by atoms with Crippen molar-refractivity contribution in [3.8, 4) is 0 Å². The van der Waals surface area contributed by atoms with Crippen LogP contribution in [0.4, 0.5) is 16.4 Å². The molecule has 2 aromatic rings. The lowest BCUT2D eigenvalue weighted by Gasteiger charge is -2.30. The van der Waals surface area contributed by atoms with Gasteiger partial charge in [-0.05, 0) is 37.1 Å². The number of carbonyl (C=O) groups is 2. The molecule has 0 aliphatic carbocycles. The van der Waals surface area contributed by atoms with Crippen molar-refractivity contribution < 1.29 is 9.59 Å². The molecule has 2 amide bonds. The first-order valence-electron chi connectivity index (χ1n) is 10.7. The molecule has 166 valence electrons. The number of piperazine rings is 1. The minimum absolute atomic E-state index is 0.0636. The number of hydrogen-bond acceptors (Lipinski definition) is 6. The Balaban J connectivity index is 1.51. The summed E-state index contributed by atoms with van der Waals surface area (Å²) in [5, 5.41) is 7.11. The zero-order chi connectivity index (χ0) is 22.5. The van der Waals surface area contributed by atoms with Crippen molar-refractivity contribution in [1.29, 1.82) is 0 Å². The summed E-state index contributed by atoms with van der Waals surface area (Å²) < 4.78 is 0. The molecule has 2 aliphatic rings. The third-order valence-electron chi connectivity index (χ3n) is 5.59. The van der Waals surface area contributed by atoms with E-state index in [0.29, 0.717) is 22.7 Å². The number of rotatable bonds is 6. The van der Waals surface area contributed by atoms with Gasteiger partial charge < -0.3 is 15.5 Å². The molecule has 0 unspecified atom stereocenters. The number of allylic oxidation sites excluding steroid dienone is 2. The molecule has 0 saturated carbocycles. The van der Waals surface area contributed by atoms with Gasteiger partial charge in [-0.3, -0.25) is 19.5 Å². The standard InChI is InChI=1S/C24H27N5O2S/c1-3-5-18-17(4-2)9-13-29(24(18)31)22-7-6-21(32-22)23(30)27-19-16-26-10-8-20(19)28-14-11-25-12-15-28/h3-8,10,16,25H,2,9,11-15H2,1H3,(H,27,30). The number of pyridine rings is 1. The molecule has 32 heavy (non-hydrogen) atoms. The second kappa shape index (κ2) is 9.93. The smallest absolute Gasteiger partial charge is 0.265 e. The maximum atomic E-state index is 13.0. The lowest BCUT2D eigenvalue weighted by molar-refractivity contribution is -0.115. The topological polar surface area (TPSA) is 77.6 Å². The van der Waals surface area contributed by atoms with Crippen molar-refractivity contribution in [2.75, 3.05) is 47.8 Å². The molecule has 8 heteroatoms. The third kappa shape index (κ3) is 4.51. The molecule has 4 heterocycles. The molecule has 0 bridgehead atoms. The molecule has 7 nitrogen and oxygen atoms in total. The lowest BCUT2D eigenvalue weighted by atomic mass is 9.99. The molecular weight excluding hydrogens is 422 g/mol. The van der Waals surface area contributed by atoms with Crippen LogP contribution in [-0.2, 0) is 4.79 Å². The van der Waals surface area contributed by atoms with Crippen molar-refractivity contribution in [2.45, 2.75) is 13.3 Å². The number of nitrogens with one attached hydrogen (secondary N) is 2. The van der Waals surface area contributed by atoms with Crippen LogP contribution < -0.4 is 20.4 Å². The fraction of sp³-hybridized carbons (Fsp3) is 0.292. The highest BCUT2D eigenvalue weighted by molar-refractivity contribution is 7.18. The second-order valence-corrected chi connectivity index (χ2v) is 8.63. The van der Waals surface area contributed by atoms with E-state index in [-0.39, 0.29) is 11.8 Å². The molecule has 1 saturated heterocycles. The van der Waals surface area contributed by atoms with Crippen molar-refractivity contribution in [2.24, 2.45) is 0 Å². The van der Waals surface area contributed by atoms with Crippen LogP contribution in [0.2, 0.25) is 0 Å². The summed E-state index contributed by atoms with van der Waals surface area (Å²) in [5.74, 6) is -0.266. The lowest BCUT2D eigenvalue weighted by Crippen LogP contribution is -2.43. The summed E-state index contributed by atoms with van der Waals surface area (Å²) in [5.41, 5.74) is 3.27. The maximum absolute atomic E-state index is 13.0. The van der Waals surface area contributed by atoms with Gasteiger partial charge in [-0.1, -0.05) is 24.8 Å². The van der Waals surface area contributed by atoms with E-state index in [0.717, 1.165) is 48.9 Å². The molecule has 2 N–H and O–H groups in total. The van der Waals surface area contributed by atoms with Crippen LogP contribution in [-0.4, -0.2) is 49.5 Å². The molecule has 0 radical (unpaired) electrons. The summed E-state index contributed by atoms with van der Waals surface area (Å²) in [6, 6.07) is 5.54. The summed E-state index contributed by atoms with van der Waals surface area (Å²) >= 11 is 1.32. The number of carbonyl (C=O) groups excluding carboxylic acids is 2. The van der Waals surface area contributed by atoms with Gasteiger partial charge in [0.15, 0.2) is 0 Å². The van der Waals surface area contributed by atoms with Gasteiger partial charge in [-0.25, -0.2) is 0 Å². The van der Waals surface area contributed by atoms with Crippen molar-refractivity contribution in [1.82, 2.24) is 10.3 Å². The minimum Gasteiger partial charge on any atom is -0.367 e. The zero-order valence-corrected chi connectivity index (χ0v) is 19.0. The first-order valence-corrected chi connectivity index (χ1v) is 11.5. The van der Waals surface area contributed by atoms with E-state index in [1.807, 2.05) is 31.2 Å². The predicted molar refractivity (Wildman–Crippen MR) is 131 cm³/mol. The van der Waals surface area contributed by atoms with Gasteiger partial charge >= 0.3 is 0 Å². The summed E-state index contributed by atoms with van der Waals surface area (Å²) in [7, 11) is 0. The van der Waals surface area contributed by atoms with Crippen LogP contribution in [0, 0.1) is 0 Å². The molecule has 2 aliphatic heterocycles. The first kappa shape index (κ1) is 22.0. The third-order valence-corrected chi connectivity index (χ3v) is 6.70. The van der Waals surface area contributed by atoms with Gasteiger partial charge in [0.25, 0.3) is 11.8 Å². The number of aromatic nitrogens is 1. The van der Waals surface area contributed by atoms with E-state index in [4.69, 9.17) is 0 Å². The Hall–Kier alpha value is -3.23. The average molecular weight is 450 g/mol. The van der Waals surface area contributed by atoms with Crippen LogP contribution in [0.3, 0.4) is 0 Å². The van der Waals surface area contributed by atoms with Crippen LogP contribution in [0.1, 0.15) is 23.0 Å². The Morgan fingerprint density at radius 2 is 2.06 bits per heavy atom. The largest absolute Gasteiger partial charge is 0.367 e. The predicted octanol–water partition coefficient (Wildman–Crippen LogP) is 3.60. The molecular formula is C24H27N5O2S. The van der Waals surface area contributed by atoms with E-state index in [9.17, 15) is 9.59 Å². The summed E-state index contributed by atoms with van der Waals surface area (Å²) in [6.07, 6.45) is 9.60. The Morgan fingerprint density at radius 1 is 1.25 bits per heavy atom. The summed E-state index contributed by atoms with van der Waals surface area (Å²) in [4.78, 5) is 34.7. The molecule has 4 rings (SSSR count). The van der Waals surface area contributed by atoms with E-state index in [1.165, 1.54) is 11.3 Å². The van der Waals surface area contributed by atoms with Gasteiger partial charge in [0, 0.05) is 44.5 Å². The van der Waals surface area contributed by atoms with Gasteiger partial charge in [0.2, 0.25) is 0 Å². The number of thiophene rings is 1. The molecule has 0 aromatic carbocycles. The van der Waals surface area contributed by atoms with E-state index in [2.05, 4.69) is 27.1 Å². The molecule has 1 fully saturated rings. The van der Waals surface area contributed by atoms with Crippen molar-refractivity contribution >= 4 is 39.5 Å². The maximum Gasteiger partial charge on any atom is 0.265 e. The summed E-state index contributed by atoms with van der Waals surface area (Å²) in [6.45, 7) is 9.86. The normalized spacial score (nSPS) is 17.2. The Kier molecular flexibility index (Phi) is 6.82. The number of hydrogen-bond donors (Lipinski definition) is 2. The number of nitrogens with zero attached hydrogens (tertiary/aromatic N) is 3. The van der Waals surface area contributed by atoms with Gasteiger partial charge in [-0.15, -0.1) is 11.3 Å². The quantitative estimate of drug-likeness (QED) is 0.705. The van der Waals surface area contributed by atoms with Crippen molar-refractivity contribution in [3.63, 3.8) is 0 Å². The molecule has 0 spiro atoms. The Labute approximate surface area is 192 Å². The van der Waals surface area contributed by atoms with Crippen LogP contribution in [0.25, 0.3) is 0 Å². The highest BCUT2D eigenvalue weighted by atomic mass is 32.1. The average Bonchev–Trinajstić information content (AvgIpc) is 3.31. The minimum atomic E-state index is -0.203. The Bertz CT molecular complexity index is 1080. The Morgan fingerprint density at radius 3 is 2.81 bits per heavy atom. The van der Waals surface area contributed by atoms with Crippen LogP contribution >= 0.6 is 11.3 Å². The fourth-order valence-electron chi connectivity index (χ4n) is 3.96. The van der Waals surface area contributed by atoms with Gasteiger partial charge in [0.05, 0.1) is 27.4 Å². The van der Waals surface area contributed by atoms with E-state index >= 15 is 0 Å². The second-order valence-electron chi connectivity index (χ2n) is 7.57. The zero-order valence-electron chi connectivity index (χ0n) is 18.1. The van der Waals surface area contributed by atoms with E-state index < -0.39 is 0 Å². The monoisotopic (exact) mass is 449 g/mol. The van der Waals surface area contributed by atoms with Crippen molar-refractivity contribution in [3.05, 3.63) is 71.4 Å². The van der Waals surface area contributed by atoms with Gasteiger partial charge in [0.1, 0.15) is 0 Å². The highest BCUT2D eigenvalue weighted by Crippen LogP contribution is 2.33. The fourth-order valence-corrected chi connectivity index (χ4v) is 4.89. The SMILES string of the molecule is C=CC1=C(C=CC)C(=O)N(c2ccc(C(=O)Nc3cnccc3N3CCNCC3)s2)CC1. The number of anilines is 3. The molecule has 0 atom stereocenters. The van der Waals surface area contributed by atoms with Crippen LogP contribution in [0.5, 0.6) is 0 Å². The van der Waals surface area contributed by atoms with E-state index in [1.54, 1.807) is 29.4 Å². The van der Waals surface area contributed by atoms with Gasteiger partial charge in [-0.2, -0.15) is 0 Å². The van der Waals surface area contributed by atoms with Crippen LogP contribution in [0.15, 0.2) is 66.5 Å². The first-order chi connectivity index (χ1) is 15.6. The number of amides is 2. The molecule has 2 aromatic heterocycles. The highest BCUT2D eigenvalue weighted by Gasteiger charge is 2.27.